The van der Waals surface area contributed by atoms with Gasteiger partial charge < -0.3 is 11.1 Å². The molecule has 0 aliphatic carbocycles. The molecule has 0 fully saturated rings. The van der Waals surface area contributed by atoms with Crippen LogP contribution in [0.4, 0.5) is 11.4 Å². The van der Waals surface area contributed by atoms with Crippen LogP contribution >= 0.6 is 11.6 Å². The number of anilines is 1. The number of non-ortho nitro benzene ring substituents is 1. The van der Waals surface area contributed by atoms with Gasteiger partial charge in [0.2, 0.25) is 5.91 Å². The number of hydrogen-bond acceptors (Lipinski definition) is 4. The molecule has 104 valence electrons. The zero-order valence-corrected chi connectivity index (χ0v) is 11.5. The van der Waals surface area contributed by atoms with E-state index in [1.165, 1.54) is 18.2 Å². The Morgan fingerprint density at radius 3 is 2.68 bits per heavy atom. The van der Waals surface area contributed by atoms with Crippen LogP contribution in [0, 0.1) is 10.1 Å². The molecule has 0 saturated heterocycles. The second-order valence-electron chi connectivity index (χ2n) is 4.54. The fourth-order valence-corrected chi connectivity index (χ4v) is 1.84. The Morgan fingerprint density at radius 2 is 2.21 bits per heavy atom. The summed E-state index contributed by atoms with van der Waals surface area (Å²) in [6, 6.07) is 3.85. The Hall–Kier alpha value is -1.66. The smallest absolute Gasteiger partial charge is 0.271 e. The highest BCUT2D eigenvalue weighted by Gasteiger charge is 2.27. The maximum absolute atomic E-state index is 12.0. The molecule has 0 aliphatic heterocycles. The third-order valence-corrected chi connectivity index (χ3v) is 3.01. The molecule has 19 heavy (non-hydrogen) atoms. The zero-order chi connectivity index (χ0) is 14.6. The van der Waals surface area contributed by atoms with Gasteiger partial charge in [0.1, 0.15) is 0 Å². The van der Waals surface area contributed by atoms with Gasteiger partial charge in [-0.25, -0.2) is 0 Å². The molecule has 1 aromatic carbocycles. The van der Waals surface area contributed by atoms with E-state index < -0.39 is 10.5 Å². The number of amides is 1. The van der Waals surface area contributed by atoms with Crippen molar-refractivity contribution in [3.05, 3.63) is 33.3 Å². The van der Waals surface area contributed by atoms with Crippen LogP contribution in [-0.2, 0) is 4.79 Å². The van der Waals surface area contributed by atoms with Crippen LogP contribution in [0.15, 0.2) is 18.2 Å². The highest BCUT2D eigenvalue weighted by atomic mass is 35.5. The average Bonchev–Trinajstić information content (AvgIpc) is 2.31. The maximum atomic E-state index is 12.0. The van der Waals surface area contributed by atoms with Gasteiger partial charge >= 0.3 is 0 Å². The first-order chi connectivity index (χ1) is 8.77. The summed E-state index contributed by atoms with van der Waals surface area (Å²) < 4.78 is 0. The van der Waals surface area contributed by atoms with Gasteiger partial charge in [-0.3, -0.25) is 14.9 Å². The van der Waals surface area contributed by atoms with Crippen molar-refractivity contribution >= 4 is 28.9 Å². The highest BCUT2D eigenvalue weighted by Crippen LogP contribution is 2.27. The molecule has 0 heterocycles. The molecule has 0 aromatic heterocycles. The number of nitro groups is 1. The minimum absolute atomic E-state index is 0.106. The van der Waals surface area contributed by atoms with Gasteiger partial charge in [-0.1, -0.05) is 24.9 Å². The number of halogens is 1. The molecule has 0 radical (unpaired) electrons. The predicted octanol–water partition coefficient (Wildman–Crippen LogP) is 2.70. The summed E-state index contributed by atoms with van der Waals surface area (Å²) in [5, 5.41) is 13.3. The van der Waals surface area contributed by atoms with Crippen LogP contribution in [0.25, 0.3) is 0 Å². The predicted molar refractivity (Wildman–Crippen MR) is 74.2 cm³/mol. The average molecular weight is 286 g/mol. The lowest BCUT2D eigenvalue weighted by atomic mass is 9.96. The summed E-state index contributed by atoms with van der Waals surface area (Å²) in [6.07, 6.45) is 1.30. The molecule has 1 atom stereocenters. The van der Waals surface area contributed by atoms with Crippen molar-refractivity contribution in [2.24, 2.45) is 5.73 Å². The molecule has 1 amide bonds. The van der Waals surface area contributed by atoms with Gasteiger partial charge in [0.25, 0.3) is 5.69 Å². The molecule has 6 nitrogen and oxygen atoms in total. The lowest BCUT2D eigenvalue weighted by molar-refractivity contribution is -0.384. The molecule has 0 aliphatic rings. The Morgan fingerprint density at radius 1 is 1.58 bits per heavy atom. The Balaban J connectivity index is 2.89. The van der Waals surface area contributed by atoms with E-state index in [0.29, 0.717) is 12.1 Å². The van der Waals surface area contributed by atoms with Crippen LogP contribution in [0.2, 0.25) is 5.02 Å². The second-order valence-corrected chi connectivity index (χ2v) is 4.95. The van der Waals surface area contributed by atoms with Crippen molar-refractivity contribution in [2.75, 3.05) is 5.32 Å². The lowest BCUT2D eigenvalue weighted by Crippen LogP contribution is -2.48. The third kappa shape index (κ3) is 3.90. The summed E-state index contributed by atoms with van der Waals surface area (Å²) in [7, 11) is 0. The topological polar surface area (TPSA) is 98.3 Å². The number of carbonyl (C=O) groups is 1. The second kappa shape index (κ2) is 5.99. The van der Waals surface area contributed by atoms with Crippen LogP contribution in [0.3, 0.4) is 0 Å². The Kier molecular flexibility index (Phi) is 4.85. The maximum Gasteiger partial charge on any atom is 0.271 e. The van der Waals surface area contributed by atoms with E-state index in [9.17, 15) is 14.9 Å². The van der Waals surface area contributed by atoms with Gasteiger partial charge in [-0.05, 0) is 19.4 Å². The SMILES string of the molecule is CCCC(C)(N)C(=O)Nc1ccc([N+](=O)[O-])cc1Cl. The van der Waals surface area contributed by atoms with Crippen LogP contribution in [0.5, 0.6) is 0 Å². The van der Waals surface area contributed by atoms with Crippen molar-refractivity contribution in [3.63, 3.8) is 0 Å². The molecule has 1 aromatic rings. The lowest BCUT2D eigenvalue weighted by Gasteiger charge is -2.23. The fourth-order valence-electron chi connectivity index (χ4n) is 1.62. The van der Waals surface area contributed by atoms with E-state index in [0.717, 1.165) is 6.42 Å². The molecule has 1 unspecified atom stereocenters. The van der Waals surface area contributed by atoms with Crippen LogP contribution in [-0.4, -0.2) is 16.4 Å². The number of nitrogens with zero attached hydrogens (tertiary/aromatic N) is 1. The first kappa shape index (κ1) is 15.4. The number of benzene rings is 1. The molecule has 0 bridgehead atoms. The first-order valence-electron chi connectivity index (χ1n) is 5.82. The van der Waals surface area contributed by atoms with E-state index in [2.05, 4.69) is 5.32 Å². The minimum atomic E-state index is -1.00. The van der Waals surface area contributed by atoms with E-state index >= 15 is 0 Å². The Labute approximate surface area is 116 Å². The van der Waals surface area contributed by atoms with Gasteiger partial charge in [0, 0.05) is 12.1 Å². The number of rotatable bonds is 5. The molecular formula is C12H16ClN3O3. The fraction of sp³-hybridized carbons (Fsp3) is 0.417. The van der Waals surface area contributed by atoms with Crippen molar-refractivity contribution < 1.29 is 9.72 Å². The first-order valence-corrected chi connectivity index (χ1v) is 6.20. The number of hydrogen-bond donors (Lipinski definition) is 2. The number of carbonyl (C=O) groups excluding carboxylic acids is 1. The molecule has 1 rings (SSSR count). The number of nitrogens with one attached hydrogen (secondary N) is 1. The van der Waals surface area contributed by atoms with E-state index in [1.807, 2.05) is 6.92 Å². The van der Waals surface area contributed by atoms with E-state index in [-0.39, 0.29) is 16.6 Å². The van der Waals surface area contributed by atoms with E-state index in [1.54, 1.807) is 6.92 Å². The standard InChI is InChI=1S/C12H16ClN3O3/c1-3-6-12(2,14)11(17)15-10-5-4-8(16(18)19)7-9(10)13/h4-5,7H,3,6,14H2,1-2H3,(H,15,17). The van der Waals surface area contributed by atoms with Crippen molar-refractivity contribution in [1.82, 2.24) is 0 Å². The third-order valence-electron chi connectivity index (χ3n) is 2.70. The molecular weight excluding hydrogens is 270 g/mol. The summed E-state index contributed by atoms with van der Waals surface area (Å²) >= 11 is 5.88. The van der Waals surface area contributed by atoms with Crippen LogP contribution in [0.1, 0.15) is 26.7 Å². The van der Waals surface area contributed by atoms with E-state index in [4.69, 9.17) is 17.3 Å². The Bertz CT molecular complexity index is 503. The summed E-state index contributed by atoms with van der Waals surface area (Å²) in [5.41, 5.74) is 5.06. The quantitative estimate of drug-likeness (QED) is 0.642. The molecule has 3 N–H and O–H groups in total. The number of nitrogens with two attached hydrogens (primary N) is 1. The highest BCUT2D eigenvalue weighted by molar-refractivity contribution is 6.34. The van der Waals surface area contributed by atoms with Crippen LogP contribution < -0.4 is 11.1 Å². The van der Waals surface area contributed by atoms with Crippen molar-refractivity contribution in [1.29, 1.82) is 0 Å². The zero-order valence-electron chi connectivity index (χ0n) is 10.8. The molecule has 0 spiro atoms. The number of nitro benzene ring substituents is 1. The largest absolute Gasteiger partial charge is 0.323 e. The molecule has 0 saturated carbocycles. The van der Waals surface area contributed by atoms with Crippen molar-refractivity contribution in [3.8, 4) is 0 Å². The summed E-state index contributed by atoms with van der Waals surface area (Å²) in [6.45, 7) is 3.56. The normalized spacial score (nSPS) is 13.7. The minimum Gasteiger partial charge on any atom is -0.323 e. The van der Waals surface area contributed by atoms with Gasteiger partial charge in [-0.2, -0.15) is 0 Å². The van der Waals surface area contributed by atoms with Gasteiger partial charge in [-0.15, -0.1) is 0 Å². The van der Waals surface area contributed by atoms with Crippen molar-refractivity contribution in [2.45, 2.75) is 32.2 Å². The van der Waals surface area contributed by atoms with Gasteiger partial charge in [0.05, 0.1) is 21.2 Å². The molecule has 7 heteroatoms. The summed E-state index contributed by atoms with van der Waals surface area (Å²) in [4.78, 5) is 22.0. The van der Waals surface area contributed by atoms with Gasteiger partial charge in [0.15, 0.2) is 0 Å². The summed E-state index contributed by atoms with van der Waals surface area (Å²) in [5.74, 6) is -0.370. The monoisotopic (exact) mass is 285 g/mol.